The molecule has 19 heteroatoms. The van der Waals surface area contributed by atoms with Crippen LogP contribution in [0.15, 0.2) is 24.3 Å². The summed E-state index contributed by atoms with van der Waals surface area (Å²) in [5.41, 5.74) is 0. The molecule has 0 saturated carbocycles. The lowest BCUT2D eigenvalue weighted by molar-refractivity contribution is -0.161. The molecule has 0 aromatic rings. The standard InChI is InChI=1S/C57H106O17P2/c1-5-9-13-17-20-23-24-25-26-27-28-29-32-36-40-44-57(62)74-53(48-68-55(60)42-38-34-30-21-18-14-10-6-2)50-72-76(65,66)70-46-51(58)45-69-75(63,64)71-49-52(47-67-54(59)41-37-33-16-12-8-4)73-56(61)43-39-35-31-22-19-15-11-7-3/h23-26,51-53,58H,5-22,27-50H2,1-4H3,(H,63,64)(H,65,66)/b24-23-,26-25-/t51-,52+,53+/m0/s1. The van der Waals surface area contributed by atoms with Gasteiger partial charge in [-0.1, -0.05) is 206 Å². The van der Waals surface area contributed by atoms with Gasteiger partial charge in [0, 0.05) is 25.7 Å². The largest absolute Gasteiger partial charge is 0.472 e. The van der Waals surface area contributed by atoms with E-state index in [0.29, 0.717) is 25.7 Å². The monoisotopic (exact) mass is 1120 g/mol. The molecule has 5 atom stereocenters. The number of phosphoric acid groups is 2. The number of hydrogen-bond acceptors (Lipinski definition) is 15. The summed E-state index contributed by atoms with van der Waals surface area (Å²) >= 11 is 0. The van der Waals surface area contributed by atoms with Gasteiger partial charge in [-0.25, -0.2) is 9.13 Å². The highest BCUT2D eigenvalue weighted by Gasteiger charge is 2.30. The quantitative estimate of drug-likeness (QED) is 0.0169. The topological polar surface area (TPSA) is 237 Å². The number of esters is 4. The summed E-state index contributed by atoms with van der Waals surface area (Å²) in [6.07, 6.45) is 37.5. The SMILES string of the molecule is CCCCCC/C=C\C=C/CCCCCCCC(=O)O[C@H](COC(=O)CCCCCCCCCC)COP(=O)(O)OC[C@@H](O)COP(=O)(O)OC[C@@H](COC(=O)CCCCCCC)OC(=O)CCCCCCCCCC. The van der Waals surface area contributed by atoms with Gasteiger partial charge in [-0.2, -0.15) is 0 Å². The number of unbranched alkanes of at least 4 members (excludes halogenated alkanes) is 27. The molecule has 0 fully saturated rings. The Kier molecular flexibility index (Phi) is 50.3. The van der Waals surface area contributed by atoms with Crippen molar-refractivity contribution in [3.8, 4) is 0 Å². The van der Waals surface area contributed by atoms with Crippen molar-refractivity contribution >= 4 is 39.5 Å². The number of carbonyl (C=O) groups is 4. The first kappa shape index (κ1) is 73.5. The zero-order valence-corrected chi connectivity index (χ0v) is 49.5. The Morgan fingerprint density at radius 1 is 0.368 bits per heavy atom. The fraction of sp³-hybridized carbons (Fsp3) is 0.860. The van der Waals surface area contributed by atoms with Gasteiger partial charge in [0.05, 0.1) is 26.4 Å². The maximum Gasteiger partial charge on any atom is 0.472 e. The molecule has 0 rings (SSSR count). The summed E-state index contributed by atoms with van der Waals surface area (Å²) in [7, 11) is -9.87. The van der Waals surface area contributed by atoms with Crippen LogP contribution in [0.1, 0.15) is 259 Å². The molecule has 3 N–H and O–H groups in total. The maximum atomic E-state index is 12.9. The molecule has 0 saturated heterocycles. The zero-order valence-electron chi connectivity index (χ0n) is 47.7. The highest BCUT2D eigenvalue weighted by molar-refractivity contribution is 7.47. The van der Waals surface area contributed by atoms with Crippen molar-refractivity contribution in [3.63, 3.8) is 0 Å². The molecule has 76 heavy (non-hydrogen) atoms. The van der Waals surface area contributed by atoms with E-state index >= 15 is 0 Å². The lowest BCUT2D eigenvalue weighted by Gasteiger charge is -2.21. The lowest BCUT2D eigenvalue weighted by Crippen LogP contribution is -2.30. The Balaban J connectivity index is 5.18. The van der Waals surface area contributed by atoms with E-state index in [4.69, 9.17) is 37.0 Å². The van der Waals surface area contributed by atoms with E-state index in [-0.39, 0.29) is 25.7 Å². The van der Waals surface area contributed by atoms with Crippen LogP contribution in [0.4, 0.5) is 0 Å². The number of aliphatic hydroxyl groups excluding tert-OH is 1. The van der Waals surface area contributed by atoms with Crippen LogP contribution < -0.4 is 0 Å². The summed E-state index contributed by atoms with van der Waals surface area (Å²) < 4.78 is 67.3. The highest BCUT2D eigenvalue weighted by atomic mass is 31.2. The fourth-order valence-electron chi connectivity index (χ4n) is 7.86. The molecule has 0 aliphatic carbocycles. The van der Waals surface area contributed by atoms with Crippen LogP contribution in [0, 0.1) is 0 Å². The second kappa shape index (κ2) is 51.9. The Morgan fingerprint density at radius 3 is 0.961 bits per heavy atom. The van der Waals surface area contributed by atoms with Crippen LogP contribution in [0.3, 0.4) is 0 Å². The third-order valence-corrected chi connectivity index (χ3v) is 14.4. The third-order valence-electron chi connectivity index (χ3n) is 12.5. The molecule has 0 aromatic heterocycles. The average Bonchev–Trinajstić information content (AvgIpc) is 3.39. The lowest BCUT2D eigenvalue weighted by atomic mass is 10.1. The Bertz CT molecular complexity index is 1580. The molecular weight excluding hydrogens is 1020 g/mol. The second-order valence-corrected chi connectivity index (χ2v) is 22.9. The second-order valence-electron chi connectivity index (χ2n) is 20.0. The van der Waals surface area contributed by atoms with Gasteiger partial charge in [0.25, 0.3) is 0 Å². The highest BCUT2D eigenvalue weighted by Crippen LogP contribution is 2.45. The van der Waals surface area contributed by atoms with E-state index in [9.17, 15) is 43.2 Å². The van der Waals surface area contributed by atoms with Gasteiger partial charge in [-0.05, 0) is 51.4 Å². The van der Waals surface area contributed by atoms with Gasteiger partial charge < -0.3 is 33.8 Å². The molecule has 0 heterocycles. The van der Waals surface area contributed by atoms with Crippen molar-refractivity contribution in [2.45, 2.75) is 277 Å². The van der Waals surface area contributed by atoms with Crippen LogP contribution >= 0.6 is 15.6 Å². The van der Waals surface area contributed by atoms with Gasteiger partial charge in [0.15, 0.2) is 12.2 Å². The summed E-state index contributed by atoms with van der Waals surface area (Å²) in [4.78, 5) is 71.4. The van der Waals surface area contributed by atoms with Crippen molar-refractivity contribution in [2.75, 3.05) is 39.6 Å². The third kappa shape index (κ3) is 51.0. The van der Waals surface area contributed by atoms with E-state index in [1.54, 1.807) is 0 Å². The molecule has 0 aliphatic heterocycles. The molecule has 17 nitrogen and oxygen atoms in total. The molecule has 446 valence electrons. The van der Waals surface area contributed by atoms with E-state index in [0.717, 1.165) is 122 Å². The van der Waals surface area contributed by atoms with Gasteiger partial charge in [-0.15, -0.1) is 0 Å². The molecule has 2 unspecified atom stereocenters. The summed E-state index contributed by atoms with van der Waals surface area (Å²) in [6.45, 7) is 4.63. The van der Waals surface area contributed by atoms with Crippen molar-refractivity contribution in [1.82, 2.24) is 0 Å². The summed E-state index contributed by atoms with van der Waals surface area (Å²) in [5.74, 6) is -2.19. The number of phosphoric ester groups is 2. The van der Waals surface area contributed by atoms with Gasteiger partial charge in [0.2, 0.25) is 0 Å². The van der Waals surface area contributed by atoms with E-state index in [1.807, 2.05) is 0 Å². The van der Waals surface area contributed by atoms with Crippen LogP contribution in [-0.2, 0) is 65.4 Å². The van der Waals surface area contributed by atoms with Crippen LogP contribution in [0.5, 0.6) is 0 Å². The Labute approximate surface area is 459 Å². The van der Waals surface area contributed by atoms with Crippen LogP contribution in [-0.4, -0.2) is 96.7 Å². The number of ether oxygens (including phenoxy) is 4. The van der Waals surface area contributed by atoms with Crippen molar-refractivity contribution in [2.24, 2.45) is 0 Å². The fourth-order valence-corrected chi connectivity index (χ4v) is 9.43. The van der Waals surface area contributed by atoms with Crippen molar-refractivity contribution < 1.29 is 80.2 Å². The number of rotatable bonds is 56. The number of hydrogen-bond donors (Lipinski definition) is 3. The first-order chi connectivity index (χ1) is 36.7. The molecule has 0 amide bonds. The zero-order chi connectivity index (χ0) is 56.2. The van der Waals surface area contributed by atoms with Gasteiger partial charge >= 0.3 is 39.5 Å². The minimum Gasteiger partial charge on any atom is -0.462 e. The first-order valence-electron chi connectivity index (χ1n) is 29.6. The van der Waals surface area contributed by atoms with E-state index in [2.05, 4.69) is 52.0 Å². The Hall–Kier alpha value is -2.46. The minimum absolute atomic E-state index is 0.0848. The van der Waals surface area contributed by atoms with Crippen LogP contribution in [0.25, 0.3) is 0 Å². The van der Waals surface area contributed by atoms with Gasteiger partial charge in [0.1, 0.15) is 19.3 Å². The molecule has 0 bridgehead atoms. The number of carbonyl (C=O) groups excluding carboxylic acids is 4. The summed E-state index contributed by atoms with van der Waals surface area (Å²) in [5, 5.41) is 10.5. The predicted octanol–water partition coefficient (Wildman–Crippen LogP) is 14.8. The molecule has 0 radical (unpaired) electrons. The average molecular weight is 1130 g/mol. The molecular formula is C57H106O17P2. The predicted molar refractivity (Wildman–Crippen MR) is 298 cm³/mol. The molecule has 0 spiro atoms. The van der Waals surface area contributed by atoms with Crippen molar-refractivity contribution in [1.29, 1.82) is 0 Å². The summed E-state index contributed by atoms with van der Waals surface area (Å²) in [6, 6.07) is 0. The number of aliphatic hydroxyl groups is 1. The molecule has 0 aromatic carbocycles. The van der Waals surface area contributed by atoms with Crippen molar-refractivity contribution in [3.05, 3.63) is 24.3 Å². The van der Waals surface area contributed by atoms with E-state index in [1.165, 1.54) is 57.8 Å². The Morgan fingerprint density at radius 2 is 0.632 bits per heavy atom. The first-order valence-corrected chi connectivity index (χ1v) is 32.6. The van der Waals surface area contributed by atoms with E-state index < -0.39 is 97.5 Å². The smallest absolute Gasteiger partial charge is 0.462 e. The maximum absolute atomic E-state index is 12.9. The normalized spacial score (nSPS) is 14.6. The minimum atomic E-state index is -4.94. The van der Waals surface area contributed by atoms with Crippen LogP contribution in [0.2, 0.25) is 0 Å². The number of allylic oxidation sites excluding steroid dienone is 4. The van der Waals surface area contributed by atoms with Gasteiger partial charge in [-0.3, -0.25) is 37.3 Å². The molecule has 0 aliphatic rings.